The summed E-state index contributed by atoms with van der Waals surface area (Å²) in [5, 5.41) is 0.113. The molecule has 0 aromatic heterocycles. The fourth-order valence-electron chi connectivity index (χ4n) is 2.78. The predicted octanol–water partition coefficient (Wildman–Crippen LogP) is 7.26. The zero-order chi connectivity index (χ0) is 21.9. The highest BCUT2D eigenvalue weighted by Crippen LogP contribution is 2.40. The van der Waals surface area contributed by atoms with Crippen LogP contribution in [0.1, 0.15) is 84.6 Å². The average Bonchev–Trinajstić information content (AvgIpc) is 2.65. The Labute approximate surface area is 179 Å². The van der Waals surface area contributed by atoms with Gasteiger partial charge in [-0.1, -0.05) is 72.3 Å². The Morgan fingerprint density at radius 3 is 2.17 bits per heavy atom. The summed E-state index contributed by atoms with van der Waals surface area (Å²) in [6.45, 7) is 13.6. The number of carbonyl (C=O) groups excluding carboxylic acids is 1. The first-order valence-electron chi connectivity index (χ1n) is 11.1. The number of unbranched alkanes of at least 4 members (excludes halogenated alkanes) is 6. The Morgan fingerprint density at radius 1 is 0.966 bits per heavy atom. The fourth-order valence-corrected chi connectivity index (χ4v) is 3.80. The van der Waals surface area contributed by atoms with Crippen LogP contribution >= 0.6 is 0 Å². The number of ether oxygens (including phenoxy) is 2. The van der Waals surface area contributed by atoms with Gasteiger partial charge in [0.05, 0.1) is 7.11 Å². The highest BCUT2D eigenvalue weighted by atomic mass is 28.4. The molecule has 4 nitrogen and oxygen atoms in total. The highest BCUT2D eigenvalue weighted by Gasteiger charge is 2.39. The molecule has 0 saturated carbocycles. The van der Waals surface area contributed by atoms with E-state index < -0.39 is 8.32 Å². The minimum absolute atomic E-state index is 0.113. The third kappa shape index (κ3) is 9.24. The minimum atomic E-state index is -1.94. The van der Waals surface area contributed by atoms with Crippen LogP contribution in [0.15, 0.2) is 18.2 Å². The SMILES string of the molecule is CCCCCCCCCC(=O)OCc1ccc(O[Si](C)(C)C(C)(C)C)c(OC)c1. The molecule has 0 bridgehead atoms. The summed E-state index contributed by atoms with van der Waals surface area (Å²) in [5.74, 6) is 1.33. The first-order valence-corrected chi connectivity index (χ1v) is 14.0. The van der Waals surface area contributed by atoms with E-state index in [0.29, 0.717) is 12.2 Å². The van der Waals surface area contributed by atoms with Gasteiger partial charge in [-0.15, -0.1) is 0 Å². The number of hydrogen-bond acceptors (Lipinski definition) is 4. The number of hydrogen-bond donors (Lipinski definition) is 0. The molecular weight excluding hydrogens is 380 g/mol. The number of benzene rings is 1. The van der Waals surface area contributed by atoms with Gasteiger partial charge in [0, 0.05) is 6.42 Å². The standard InChI is InChI=1S/C24H42O4Si/c1-8-9-10-11-12-13-14-15-23(25)27-19-20-16-17-21(22(18-20)26-5)28-29(6,7)24(2,3)4/h16-18H,8-15,19H2,1-7H3. The van der Waals surface area contributed by atoms with Crippen molar-refractivity contribution < 1.29 is 18.7 Å². The summed E-state index contributed by atoms with van der Waals surface area (Å²) in [7, 11) is -0.299. The Hall–Kier alpha value is -1.49. The van der Waals surface area contributed by atoms with E-state index in [1.54, 1.807) is 7.11 Å². The zero-order valence-corrected chi connectivity index (χ0v) is 20.7. The third-order valence-corrected chi connectivity index (χ3v) is 10.1. The van der Waals surface area contributed by atoms with Gasteiger partial charge in [0.15, 0.2) is 5.75 Å². The predicted molar refractivity (Wildman–Crippen MR) is 123 cm³/mol. The average molecular weight is 423 g/mol. The van der Waals surface area contributed by atoms with Gasteiger partial charge in [0.25, 0.3) is 8.32 Å². The molecule has 0 N–H and O–H groups in total. The molecule has 1 aromatic carbocycles. The maximum Gasteiger partial charge on any atom is 0.306 e. The molecular formula is C24H42O4Si. The second kappa shape index (κ2) is 12.3. The second-order valence-electron chi connectivity index (χ2n) is 9.38. The van der Waals surface area contributed by atoms with Crippen molar-refractivity contribution in [2.45, 2.75) is 104 Å². The van der Waals surface area contributed by atoms with E-state index in [4.69, 9.17) is 13.9 Å². The molecule has 0 radical (unpaired) electrons. The quantitative estimate of drug-likeness (QED) is 0.190. The third-order valence-electron chi connectivity index (χ3n) is 5.78. The summed E-state index contributed by atoms with van der Waals surface area (Å²) >= 11 is 0. The van der Waals surface area contributed by atoms with Gasteiger partial charge in [-0.2, -0.15) is 0 Å². The molecule has 5 heteroatoms. The van der Waals surface area contributed by atoms with E-state index in [1.807, 2.05) is 18.2 Å². The van der Waals surface area contributed by atoms with E-state index in [1.165, 1.54) is 32.1 Å². The van der Waals surface area contributed by atoms with E-state index in [9.17, 15) is 4.79 Å². The lowest BCUT2D eigenvalue weighted by molar-refractivity contribution is -0.145. The van der Waals surface area contributed by atoms with Crippen LogP contribution in [0.5, 0.6) is 11.5 Å². The van der Waals surface area contributed by atoms with Gasteiger partial charge >= 0.3 is 5.97 Å². The van der Waals surface area contributed by atoms with Crippen molar-refractivity contribution in [3.05, 3.63) is 23.8 Å². The smallest absolute Gasteiger partial charge is 0.306 e. The molecule has 0 atom stereocenters. The molecule has 0 aliphatic carbocycles. The number of methoxy groups -OCH3 is 1. The largest absolute Gasteiger partial charge is 0.541 e. The van der Waals surface area contributed by atoms with Gasteiger partial charge < -0.3 is 13.9 Å². The van der Waals surface area contributed by atoms with E-state index in [0.717, 1.165) is 24.2 Å². The lowest BCUT2D eigenvalue weighted by atomic mass is 10.1. The summed E-state index contributed by atoms with van der Waals surface area (Å²) in [5.41, 5.74) is 0.914. The monoisotopic (exact) mass is 422 g/mol. The van der Waals surface area contributed by atoms with Crippen molar-refractivity contribution in [2.24, 2.45) is 0 Å². The van der Waals surface area contributed by atoms with E-state index >= 15 is 0 Å². The van der Waals surface area contributed by atoms with Crippen LogP contribution in [0.25, 0.3) is 0 Å². The van der Waals surface area contributed by atoms with Crippen LogP contribution in [0, 0.1) is 0 Å². The molecule has 0 amide bonds. The minimum Gasteiger partial charge on any atom is -0.541 e. The van der Waals surface area contributed by atoms with Gasteiger partial charge in [0.2, 0.25) is 0 Å². The summed E-state index contributed by atoms with van der Waals surface area (Å²) in [6, 6.07) is 5.79. The molecule has 0 spiro atoms. The molecule has 0 fully saturated rings. The number of rotatable bonds is 13. The fraction of sp³-hybridized carbons (Fsp3) is 0.708. The molecule has 0 saturated heterocycles. The van der Waals surface area contributed by atoms with Gasteiger partial charge in [-0.3, -0.25) is 4.79 Å². The molecule has 29 heavy (non-hydrogen) atoms. The van der Waals surface area contributed by atoms with Crippen LogP contribution in [-0.4, -0.2) is 21.4 Å². The van der Waals surface area contributed by atoms with Crippen molar-refractivity contribution in [1.29, 1.82) is 0 Å². The van der Waals surface area contributed by atoms with Gasteiger partial charge in [-0.25, -0.2) is 0 Å². The van der Waals surface area contributed by atoms with Crippen molar-refractivity contribution in [2.75, 3.05) is 7.11 Å². The molecule has 166 valence electrons. The van der Waals surface area contributed by atoms with Crippen molar-refractivity contribution in [3.8, 4) is 11.5 Å². The molecule has 0 unspecified atom stereocenters. The molecule has 1 rings (SSSR count). The molecule has 0 aliphatic heterocycles. The van der Waals surface area contributed by atoms with Gasteiger partial charge in [0.1, 0.15) is 12.4 Å². The molecule has 1 aromatic rings. The first-order chi connectivity index (χ1) is 13.6. The molecule has 0 heterocycles. The summed E-state index contributed by atoms with van der Waals surface area (Å²) in [6.07, 6.45) is 8.87. The highest BCUT2D eigenvalue weighted by molar-refractivity contribution is 6.74. The van der Waals surface area contributed by atoms with Crippen LogP contribution in [0.3, 0.4) is 0 Å². The maximum atomic E-state index is 12.0. The Morgan fingerprint density at radius 2 is 1.59 bits per heavy atom. The van der Waals surface area contributed by atoms with Crippen LogP contribution in [0.2, 0.25) is 18.1 Å². The Bertz CT molecular complexity index is 620. The van der Waals surface area contributed by atoms with Crippen molar-refractivity contribution >= 4 is 14.3 Å². The Balaban J connectivity index is 2.48. The molecule has 0 aliphatic rings. The topological polar surface area (TPSA) is 44.8 Å². The van der Waals surface area contributed by atoms with Crippen LogP contribution < -0.4 is 9.16 Å². The Kier molecular flexibility index (Phi) is 10.8. The van der Waals surface area contributed by atoms with Crippen LogP contribution in [-0.2, 0) is 16.1 Å². The summed E-state index contributed by atoms with van der Waals surface area (Å²) < 4.78 is 17.3. The lowest BCUT2D eigenvalue weighted by Gasteiger charge is -2.36. The maximum absolute atomic E-state index is 12.0. The number of carbonyl (C=O) groups is 1. The van der Waals surface area contributed by atoms with E-state index in [2.05, 4.69) is 40.8 Å². The number of esters is 1. The summed E-state index contributed by atoms with van der Waals surface area (Å²) in [4.78, 5) is 12.0. The second-order valence-corrected chi connectivity index (χ2v) is 14.1. The van der Waals surface area contributed by atoms with E-state index in [-0.39, 0.29) is 17.6 Å². The van der Waals surface area contributed by atoms with Crippen molar-refractivity contribution in [1.82, 2.24) is 0 Å². The first kappa shape index (κ1) is 25.5. The lowest BCUT2D eigenvalue weighted by Crippen LogP contribution is -2.43. The van der Waals surface area contributed by atoms with Gasteiger partial charge in [-0.05, 0) is 42.2 Å². The normalized spacial score (nSPS) is 12.0. The van der Waals surface area contributed by atoms with Crippen LogP contribution in [0.4, 0.5) is 0 Å². The zero-order valence-electron chi connectivity index (χ0n) is 19.7. The van der Waals surface area contributed by atoms with Crippen molar-refractivity contribution in [3.63, 3.8) is 0 Å².